The van der Waals surface area contributed by atoms with Crippen LogP contribution in [0.4, 0.5) is 0 Å². The van der Waals surface area contributed by atoms with Gasteiger partial charge in [-0.25, -0.2) is 0 Å². The number of benzene rings is 6. The molecule has 3 heterocycles. The molecule has 49 heavy (non-hydrogen) atoms. The molecule has 0 amide bonds. The molecule has 4 heteroatoms. The molecule has 0 aliphatic carbocycles. The molecule has 1 N–H and O–H groups in total. The van der Waals surface area contributed by atoms with Crippen LogP contribution in [0.3, 0.4) is 0 Å². The van der Waals surface area contributed by atoms with Gasteiger partial charge in [0.2, 0.25) is 0 Å². The minimum atomic E-state index is -0.202. The van der Waals surface area contributed by atoms with Gasteiger partial charge in [0.1, 0.15) is 6.17 Å². The predicted octanol–water partition coefficient (Wildman–Crippen LogP) is 10.6. The fraction of sp³-hybridized carbons (Fsp3) is 0.0222. The molecule has 232 valence electrons. The molecule has 9 rings (SSSR count). The Morgan fingerprint density at radius 1 is 0.469 bits per heavy atom. The maximum Gasteiger partial charge on any atom is 0.145 e. The number of aliphatic imine (C=N–C) groups is 1. The highest BCUT2D eigenvalue weighted by Gasteiger charge is 2.20. The second kappa shape index (κ2) is 12.3. The second-order valence-corrected chi connectivity index (χ2v) is 12.3. The minimum absolute atomic E-state index is 0.202. The van der Waals surface area contributed by atoms with Crippen molar-refractivity contribution in [1.29, 1.82) is 0 Å². The number of nitrogens with zero attached hydrogens (tertiary/aromatic N) is 3. The molecule has 0 bridgehead atoms. The average molecular weight is 629 g/mol. The zero-order valence-electron chi connectivity index (χ0n) is 26.7. The van der Waals surface area contributed by atoms with Crippen molar-refractivity contribution in [2.45, 2.75) is 6.17 Å². The summed E-state index contributed by atoms with van der Waals surface area (Å²) < 4.78 is 2.35. The molecular formula is C45H32N4. The molecule has 1 aliphatic heterocycles. The normalized spacial score (nSPS) is 14.3. The second-order valence-electron chi connectivity index (χ2n) is 12.3. The molecule has 8 aromatic rings. The van der Waals surface area contributed by atoms with Crippen LogP contribution >= 0.6 is 0 Å². The van der Waals surface area contributed by atoms with Crippen LogP contribution in [0.2, 0.25) is 0 Å². The van der Waals surface area contributed by atoms with Crippen molar-refractivity contribution in [3.05, 3.63) is 199 Å². The summed E-state index contributed by atoms with van der Waals surface area (Å²) in [4.78, 5) is 9.69. The van der Waals surface area contributed by atoms with Gasteiger partial charge >= 0.3 is 0 Å². The first-order chi connectivity index (χ1) is 24.3. The number of nitrogens with one attached hydrogen (secondary N) is 1. The largest absolute Gasteiger partial charge is 0.360 e. The number of pyridine rings is 1. The van der Waals surface area contributed by atoms with Gasteiger partial charge in [-0.15, -0.1) is 0 Å². The first-order valence-corrected chi connectivity index (χ1v) is 16.6. The number of para-hydroxylation sites is 2. The smallest absolute Gasteiger partial charge is 0.145 e. The maximum absolute atomic E-state index is 5.21. The van der Waals surface area contributed by atoms with Crippen LogP contribution in [0.15, 0.2) is 187 Å². The number of hydrogen-bond acceptors (Lipinski definition) is 3. The summed E-state index contributed by atoms with van der Waals surface area (Å²) in [6, 6.07) is 59.8. The van der Waals surface area contributed by atoms with Crippen molar-refractivity contribution in [2.24, 2.45) is 4.99 Å². The molecule has 1 aliphatic rings. The fourth-order valence-corrected chi connectivity index (χ4v) is 6.84. The summed E-state index contributed by atoms with van der Waals surface area (Å²) in [5.41, 5.74) is 13.3. The van der Waals surface area contributed by atoms with E-state index in [1.165, 1.54) is 32.9 Å². The van der Waals surface area contributed by atoms with Crippen LogP contribution in [-0.2, 0) is 0 Å². The van der Waals surface area contributed by atoms with Gasteiger partial charge in [-0.1, -0.05) is 133 Å². The van der Waals surface area contributed by atoms with E-state index in [1.807, 2.05) is 30.5 Å². The van der Waals surface area contributed by atoms with Gasteiger partial charge in [0, 0.05) is 33.9 Å². The van der Waals surface area contributed by atoms with Crippen molar-refractivity contribution in [1.82, 2.24) is 14.9 Å². The van der Waals surface area contributed by atoms with Crippen LogP contribution < -0.4 is 5.32 Å². The van der Waals surface area contributed by atoms with Gasteiger partial charge in [-0.05, 0) is 70.3 Å². The van der Waals surface area contributed by atoms with Crippen LogP contribution in [-0.4, -0.2) is 15.3 Å². The van der Waals surface area contributed by atoms with E-state index in [0.717, 1.165) is 45.0 Å². The molecule has 1 unspecified atom stereocenters. The van der Waals surface area contributed by atoms with E-state index in [0.29, 0.717) is 0 Å². The van der Waals surface area contributed by atoms with Crippen LogP contribution in [0.1, 0.15) is 22.9 Å². The first-order valence-electron chi connectivity index (χ1n) is 16.6. The van der Waals surface area contributed by atoms with Crippen molar-refractivity contribution in [3.8, 4) is 28.1 Å². The summed E-state index contributed by atoms with van der Waals surface area (Å²) in [5.74, 6) is 0. The quantitative estimate of drug-likeness (QED) is 0.199. The van der Waals surface area contributed by atoms with E-state index in [2.05, 4.69) is 167 Å². The SMILES string of the molecule is C1=C(c2ccc(-c3ccc(-c4ccccn4)cc3)cc2)NC(c2ccccc2)N=C1c1ccc(-n2c3ccccc3c3ccccc32)cc1. The lowest BCUT2D eigenvalue weighted by Crippen LogP contribution is -2.24. The summed E-state index contributed by atoms with van der Waals surface area (Å²) in [5, 5.41) is 6.23. The van der Waals surface area contributed by atoms with E-state index in [9.17, 15) is 0 Å². The Morgan fingerprint density at radius 3 is 1.65 bits per heavy atom. The van der Waals surface area contributed by atoms with Crippen LogP contribution in [0, 0.1) is 0 Å². The van der Waals surface area contributed by atoms with Crippen molar-refractivity contribution < 1.29 is 0 Å². The van der Waals surface area contributed by atoms with Crippen molar-refractivity contribution in [3.63, 3.8) is 0 Å². The zero-order chi connectivity index (χ0) is 32.6. The van der Waals surface area contributed by atoms with Gasteiger partial charge in [-0.2, -0.15) is 0 Å². The summed E-state index contributed by atoms with van der Waals surface area (Å²) in [7, 11) is 0. The molecular weight excluding hydrogens is 597 g/mol. The third-order valence-corrected chi connectivity index (χ3v) is 9.33. The molecule has 0 saturated carbocycles. The van der Waals surface area contributed by atoms with Crippen molar-refractivity contribution in [2.75, 3.05) is 0 Å². The first kappa shape index (κ1) is 28.7. The highest BCUT2D eigenvalue weighted by atomic mass is 15.1. The Hall–Kier alpha value is -6.52. The van der Waals surface area contributed by atoms with Gasteiger partial charge in [0.15, 0.2) is 0 Å². The van der Waals surface area contributed by atoms with E-state index in [4.69, 9.17) is 4.99 Å². The maximum atomic E-state index is 5.21. The number of allylic oxidation sites excluding steroid dienone is 1. The van der Waals surface area contributed by atoms with Crippen LogP contribution in [0.25, 0.3) is 55.6 Å². The van der Waals surface area contributed by atoms with E-state index in [1.54, 1.807) is 0 Å². The number of aromatic nitrogens is 2. The molecule has 0 fully saturated rings. The van der Waals surface area contributed by atoms with E-state index < -0.39 is 0 Å². The zero-order valence-corrected chi connectivity index (χ0v) is 26.7. The molecule has 1 atom stereocenters. The predicted molar refractivity (Wildman–Crippen MR) is 203 cm³/mol. The minimum Gasteiger partial charge on any atom is -0.360 e. The van der Waals surface area contributed by atoms with Crippen LogP contribution in [0.5, 0.6) is 0 Å². The molecule has 0 saturated heterocycles. The Kier molecular flexibility index (Phi) is 7.17. The molecule has 0 radical (unpaired) electrons. The summed E-state index contributed by atoms with van der Waals surface area (Å²) >= 11 is 0. The Labute approximate surface area is 285 Å². The molecule has 2 aromatic heterocycles. The molecule has 4 nitrogen and oxygen atoms in total. The summed E-state index contributed by atoms with van der Waals surface area (Å²) in [6.07, 6.45) is 3.80. The lowest BCUT2D eigenvalue weighted by Gasteiger charge is -2.25. The van der Waals surface area contributed by atoms with Gasteiger partial charge in [0.05, 0.1) is 22.4 Å². The highest BCUT2D eigenvalue weighted by Crippen LogP contribution is 2.33. The van der Waals surface area contributed by atoms with Gasteiger partial charge in [-0.3, -0.25) is 9.98 Å². The standard InChI is InChI=1S/C45H32N4/c1-2-10-36(11-3-1)45-47-41(34-23-19-32(20-24-34)31-17-21-33(22-18-31)40-14-8-9-29-46-40)30-42(48-45)35-25-27-37(28-26-35)49-43-15-6-4-12-38(43)39-13-5-7-16-44(39)49/h1-30,45,47H. The average Bonchev–Trinajstić information content (AvgIpc) is 3.53. The Balaban J connectivity index is 1.05. The Morgan fingerprint density at radius 2 is 1.02 bits per heavy atom. The van der Waals surface area contributed by atoms with Crippen molar-refractivity contribution >= 4 is 33.2 Å². The lowest BCUT2D eigenvalue weighted by molar-refractivity contribution is 0.664. The molecule has 0 spiro atoms. The monoisotopic (exact) mass is 628 g/mol. The Bertz CT molecular complexity index is 2420. The number of rotatable bonds is 6. The highest BCUT2D eigenvalue weighted by molar-refractivity contribution is 6.13. The van der Waals surface area contributed by atoms with E-state index >= 15 is 0 Å². The molecule has 6 aromatic carbocycles. The third-order valence-electron chi connectivity index (χ3n) is 9.33. The van der Waals surface area contributed by atoms with Gasteiger partial charge in [0.25, 0.3) is 0 Å². The summed E-state index contributed by atoms with van der Waals surface area (Å²) in [6.45, 7) is 0. The van der Waals surface area contributed by atoms with Gasteiger partial charge < -0.3 is 9.88 Å². The third kappa shape index (κ3) is 5.39. The fourth-order valence-electron chi connectivity index (χ4n) is 6.84. The lowest BCUT2D eigenvalue weighted by atomic mass is 9.98. The number of fused-ring (bicyclic) bond motifs is 3. The van der Waals surface area contributed by atoms with E-state index in [-0.39, 0.29) is 6.17 Å². The number of hydrogen-bond donors (Lipinski definition) is 1. The topological polar surface area (TPSA) is 42.2 Å².